The number of piperazine rings is 1. The standard InChI is InChI=1S/C36H41F2N5O8/c1-20(2)23-11-8-9-13-27(23)42-33-24(15-26(38)30(39-33)29-25(37)12-10-14-28(29)50-19-49-7)31(32(34(42)45)43(47)48)41-16-21(3)40(17-22(41)18-44)35(46)51-36(4,5)6/h8-15,20-22,44H,16-19H2,1-7H3/t21-,22-/m1/s1. The van der Waals surface area contributed by atoms with E-state index < -0.39 is 63.9 Å². The van der Waals surface area contributed by atoms with E-state index >= 15 is 8.78 Å². The van der Waals surface area contributed by atoms with Gasteiger partial charge in [-0.05, 0) is 63.4 Å². The molecule has 0 aliphatic carbocycles. The van der Waals surface area contributed by atoms with Gasteiger partial charge in [0, 0.05) is 26.2 Å². The molecule has 0 spiro atoms. The molecule has 1 aliphatic heterocycles. The number of hydrogen-bond donors (Lipinski definition) is 1. The van der Waals surface area contributed by atoms with E-state index in [1.807, 2.05) is 13.8 Å². The Morgan fingerprint density at radius 2 is 1.82 bits per heavy atom. The molecule has 1 saturated heterocycles. The topological polar surface area (TPSA) is 150 Å². The van der Waals surface area contributed by atoms with Gasteiger partial charge in [-0.3, -0.25) is 19.5 Å². The fourth-order valence-corrected chi connectivity index (χ4v) is 6.31. The van der Waals surface area contributed by atoms with E-state index in [0.29, 0.717) is 5.56 Å². The summed E-state index contributed by atoms with van der Waals surface area (Å²) in [7, 11) is 1.36. The maximum Gasteiger partial charge on any atom is 0.410 e. The van der Waals surface area contributed by atoms with Gasteiger partial charge in [0.1, 0.15) is 28.5 Å². The highest BCUT2D eigenvalue weighted by atomic mass is 19.1. The Morgan fingerprint density at radius 1 is 1.12 bits per heavy atom. The highest BCUT2D eigenvalue weighted by Gasteiger charge is 2.41. The Labute approximate surface area is 293 Å². The number of nitrogens with zero attached hydrogens (tertiary/aromatic N) is 5. The molecule has 3 heterocycles. The van der Waals surface area contributed by atoms with Crippen LogP contribution in [0.2, 0.25) is 0 Å². The highest BCUT2D eigenvalue weighted by Crippen LogP contribution is 2.41. The van der Waals surface area contributed by atoms with Crippen LogP contribution in [0.25, 0.3) is 28.0 Å². The number of carbonyl (C=O) groups excluding carboxylic acids is 1. The van der Waals surface area contributed by atoms with Crippen LogP contribution >= 0.6 is 0 Å². The van der Waals surface area contributed by atoms with Gasteiger partial charge in [-0.15, -0.1) is 0 Å². The molecule has 13 nitrogen and oxygen atoms in total. The molecular formula is C36H41F2N5O8. The number of ether oxygens (including phenoxy) is 3. The number of nitro groups is 1. The van der Waals surface area contributed by atoms with Crippen LogP contribution in [0, 0.1) is 21.7 Å². The number of para-hydroxylation sites is 1. The second-order valence-electron chi connectivity index (χ2n) is 13.6. The number of halogens is 2. The van der Waals surface area contributed by atoms with Gasteiger partial charge in [-0.1, -0.05) is 38.1 Å². The van der Waals surface area contributed by atoms with Crippen LogP contribution in [0.4, 0.5) is 25.0 Å². The van der Waals surface area contributed by atoms with Crippen LogP contribution in [0.3, 0.4) is 0 Å². The van der Waals surface area contributed by atoms with Crippen molar-refractivity contribution >= 4 is 28.5 Å². The predicted octanol–water partition coefficient (Wildman–Crippen LogP) is 6.15. The SMILES string of the molecule is COCOc1cccc(F)c1-c1nc2c(cc1F)c(N1C[C@@H](C)N(C(=O)OC(C)(C)C)C[C@@H]1CO)c([N+](=O)[O-])c(=O)n2-c1ccccc1C(C)C. The quantitative estimate of drug-likeness (QED) is 0.122. The van der Waals surface area contributed by atoms with Gasteiger partial charge < -0.3 is 29.1 Å². The molecule has 15 heteroatoms. The third-order valence-electron chi connectivity index (χ3n) is 8.55. The van der Waals surface area contributed by atoms with Crippen LogP contribution in [0.1, 0.15) is 53.0 Å². The molecule has 0 radical (unpaired) electrons. The summed E-state index contributed by atoms with van der Waals surface area (Å²) in [5.74, 6) is -2.19. The zero-order valence-electron chi connectivity index (χ0n) is 29.5. The van der Waals surface area contributed by atoms with Crippen molar-refractivity contribution in [3.05, 3.63) is 86.2 Å². The monoisotopic (exact) mass is 709 g/mol. The summed E-state index contributed by atoms with van der Waals surface area (Å²) in [4.78, 5) is 47.2. The second-order valence-corrected chi connectivity index (χ2v) is 13.6. The molecule has 272 valence electrons. The van der Waals surface area contributed by atoms with E-state index in [1.54, 1.807) is 52.0 Å². The number of pyridine rings is 2. The Kier molecular flexibility index (Phi) is 10.6. The summed E-state index contributed by atoms with van der Waals surface area (Å²) >= 11 is 0. The van der Waals surface area contributed by atoms with Crippen molar-refractivity contribution in [1.29, 1.82) is 0 Å². The summed E-state index contributed by atoms with van der Waals surface area (Å²) in [5.41, 5.74) is -3.25. The lowest BCUT2D eigenvalue weighted by Crippen LogP contribution is -2.61. The van der Waals surface area contributed by atoms with Gasteiger partial charge in [-0.25, -0.2) is 18.6 Å². The first-order chi connectivity index (χ1) is 24.1. The van der Waals surface area contributed by atoms with Crippen molar-refractivity contribution in [3.63, 3.8) is 0 Å². The minimum atomic E-state index is -1.08. The Hall–Kier alpha value is -5.15. The van der Waals surface area contributed by atoms with Gasteiger partial charge >= 0.3 is 17.3 Å². The smallest absolute Gasteiger partial charge is 0.410 e. The summed E-state index contributed by atoms with van der Waals surface area (Å²) in [6.45, 7) is 9.47. The van der Waals surface area contributed by atoms with Gasteiger partial charge in [0.15, 0.2) is 18.3 Å². The molecule has 1 amide bonds. The van der Waals surface area contributed by atoms with Crippen molar-refractivity contribution in [1.82, 2.24) is 14.5 Å². The molecule has 51 heavy (non-hydrogen) atoms. The van der Waals surface area contributed by atoms with Crippen molar-refractivity contribution in [2.75, 3.05) is 38.5 Å². The molecule has 4 aromatic rings. The Morgan fingerprint density at radius 3 is 2.45 bits per heavy atom. The number of carbonyl (C=O) groups is 1. The molecule has 5 rings (SSSR count). The van der Waals surface area contributed by atoms with Crippen molar-refractivity contribution in [2.24, 2.45) is 0 Å². The van der Waals surface area contributed by atoms with E-state index in [2.05, 4.69) is 4.98 Å². The molecule has 1 fully saturated rings. The molecule has 0 unspecified atom stereocenters. The number of benzene rings is 2. The second kappa shape index (κ2) is 14.6. The minimum Gasteiger partial charge on any atom is -0.467 e. The Balaban J connectivity index is 1.87. The van der Waals surface area contributed by atoms with E-state index in [-0.39, 0.29) is 59.5 Å². The maximum atomic E-state index is 16.5. The van der Waals surface area contributed by atoms with Crippen LogP contribution < -0.4 is 15.2 Å². The number of aromatic nitrogens is 2. The van der Waals surface area contributed by atoms with Crippen molar-refractivity contribution in [3.8, 4) is 22.7 Å². The number of amides is 1. The zero-order chi connectivity index (χ0) is 37.4. The maximum absolute atomic E-state index is 16.5. The largest absolute Gasteiger partial charge is 0.467 e. The fourth-order valence-electron chi connectivity index (χ4n) is 6.31. The molecular weight excluding hydrogens is 668 g/mol. The average molecular weight is 710 g/mol. The first-order valence-electron chi connectivity index (χ1n) is 16.4. The minimum absolute atomic E-state index is 0.0892. The molecule has 0 saturated carbocycles. The van der Waals surface area contributed by atoms with Gasteiger partial charge in [0.25, 0.3) is 0 Å². The highest BCUT2D eigenvalue weighted by molar-refractivity contribution is 5.97. The van der Waals surface area contributed by atoms with E-state index in [4.69, 9.17) is 14.2 Å². The third kappa shape index (κ3) is 7.21. The number of methoxy groups -OCH3 is 1. The first kappa shape index (κ1) is 37.1. The van der Waals surface area contributed by atoms with E-state index in [1.165, 1.54) is 29.0 Å². The van der Waals surface area contributed by atoms with E-state index in [9.17, 15) is 24.8 Å². The molecule has 1 aliphatic rings. The molecule has 2 atom stereocenters. The number of fused-ring (bicyclic) bond motifs is 1. The predicted molar refractivity (Wildman–Crippen MR) is 187 cm³/mol. The summed E-state index contributed by atoms with van der Waals surface area (Å²) in [6.07, 6.45) is -0.651. The van der Waals surface area contributed by atoms with Crippen LogP contribution in [0.5, 0.6) is 5.75 Å². The van der Waals surface area contributed by atoms with E-state index in [0.717, 1.165) is 16.7 Å². The lowest BCUT2D eigenvalue weighted by molar-refractivity contribution is -0.385. The van der Waals surface area contributed by atoms with Crippen LogP contribution in [0.15, 0.2) is 53.3 Å². The van der Waals surface area contributed by atoms with Gasteiger partial charge in [-0.2, -0.15) is 0 Å². The zero-order valence-corrected chi connectivity index (χ0v) is 29.5. The Bertz CT molecular complexity index is 2030. The number of aliphatic hydroxyl groups excluding tert-OH is 1. The van der Waals surface area contributed by atoms with Gasteiger partial charge in [0.05, 0.1) is 34.2 Å². The molecule has 0 bridgehead atoms. The lowest BCUT2D eigenvalue weighted by Gasteiger charge is -2.45. The number of rotatable bonds is 9. The number of anilines is 1. The lowest BCUT2D eigenvalue weighted by atomic mass is 10.00. The van der Waals surface area contributed by atoms with Crippen LogP contribution in [-0.2, 0) is 9.47 Å². The summed E-state index contributed by atoms with van der Waals surface area (Å²) < 4.78 is 49.1. The molecule has 2 aromatic carbocycles. The third-order valence-corrected chi connectivity index (χ3v) is 8.55. The number of hydrogen-bond acceptors (Lipinski definition) is 10. The number of aliphatic hydroxyl groups is 1. The normalized spacial score (nSPS) is 16.5. The van der Waals surface area contributed by atoms with Crippen molar-refractivity contribution in [2.45, 2.75) is 65.1 Å². The summed E-state index contributed by atoms with van der Waals surface area (Å²) in [6, 6.07) is 10.00. The average Bonchev–Trinajstić information content (AvgIpc) is 3.06. The molecule has 2 aromatic heterocycles. The van der Waals surface area contributed by atoms with Gasteiger partial charge in [0.2, 0.25) is 0 Å². The summed E-state index contributed by atoms with van der Waals surface area (Å²) in [5, 5.41) is 23.4. The first-order valence-corrected chi connectivity index (χ1v) is 16.4. The molecule has 1 N–H and O–H groups in total. The van der Waals surface area contributed by atoms with Crippen molar-refractivity contribution < 1.29 is 37.8 Å². The fraction of sp³-hybridized carbons (Fsp3) is 0.417. The van der Waals surface area contributed by atoms with Crippen LogP contribution in [-0.4, -0.2) is 81.9 Å².